The Morgan fingerprint density at radius 1 is 1.38 bits per heavy atom. The molecule has 1 aliphatic heterocycles. The number of anilines is 2. The molecule has 0 saturated carbocycles. The van der Waals surface area contributed by atoms with E-state index in [4.69, 9.17) is 10.8 Å². The van der Waals surface area contributed by atoms with Crippen LogP contribution in [0.3, 0.4) is 0 Å². The number of nitrogens with zero attached hydrogens (tertiary/aromatic N) is 4. The molecule has 0 amide bonds. The monoisotopic (exact) mass is 292 g/mol. The van der Waals surface area contributed by atoms with E-state index in [9.17, 15) is 0 Å². The number of nitrogens with one attached hydrogen (secondary N) is 1. The predicted octanol–water partition coefficient (Wildman–Crippen LogP) is 1.59. The van der Waals surface area contributed by atoms with Crippen LogP contribution in [0, 0.1) is 0 Å². The lowest BCUT2D eigenvalue weighted by molar-refractivity contribution is 0.371. The zero-order valence-corrected chi connectivity index (χ0v) is 13.8. The van der Waals surface area contributed by atoms with Gasteiger partial charge >= 0.3 is 0 Å². The molecular formula is C15H28N6. The highest BCUT2D eigenvalue weighted by Crippen LogP contribution is 2.28. The average Bonchev–Trinajstić information content (AvgIpc) is 2.84. The first-order chi connectivity index (χ1) is 9.81. The molecule has 1 saturated heterocycles. The summed E-state index contributed by atoms with van der Waals surface area (Å²) in [5.74, 6) is 8.06. The molecule has 6 nitrogen and oxygen atoms in total. The predicted molar refractivity (Wildman–Crippen MR) is 87.5 cm³/mol. The minimum Gasteiger partial charge on any atom is -0.352 e. The number of likely N-dealkylation sites (N-methyl/N-ethyl adjacent to an activating group) is 1. The lowest BCUT2D eigenvalue weighted by atomic mass is 9.96. The quantitative estimate of drug-likeness (QED) is 0.649. The Morgan fingerprint density at radius 3 is 2.67 bits per heavy atom. The van der Waals surface area contributed by atoms with Crippen molar-refractivity contribution in [3.05, 3.63) is 11.9 Å². The number of nitrogens with two attached hydrogens (primary N) is 1. The molecule has 1 aliphatic rings. The third-order valence-electron chi connectivity index (χ3n) is 3.78. The van der Waals surface area contributed by atoms with E-state index in [1.54, 1.807) is 0 Å². The second-order valence-corrected chi connectivity index (χ2v) is 7.08. The molecule has 1 aromatic heterocycles. The van der Waals surface area contributed by atoms with Gasteiger partial charge in [0, 0.05) is 30.6 Å². The van der Waals surface area contributed by atoms with Gasteiger partial charge in [0.2, 0.25) is 0 Å². The van der Waals surface area contributed by atoms with E-state index in [-0.39, 0.29) is 5.41 Å². The molecular weight excluding hydrogens is 264 g/mol. The van der Waals surface area contributed by atoms with Gasteiger partial charge in [-0.25, -0.2) is 15.8 Å². The van der Waals surface area contributed by atoms with Crippen LogP contribution in [-0.4, -0.2) is 48.1 Å². The van der Waals surface area contributed by atoms with Crippen LogP contribution in [0.25, 0.3) is 0 Å². The van der Waals surface area contributed by atoms with Gasteiger partial charge in [0.05, 0.1) is 0 Å². The lowest BCUT2D eigenvalue weighted by Crippen LogP contribution is -2.38. The normalized spacial score (nSPS) is 19.4. The molecule has 1 unspecified atom stereocenters. The average molecular weight is 292 g/mol. The topological polar surface area (TPSA) is 70.3 Å². The van der Waals surface area contributed by atoms with E-state index in [2.05, 4.69) is 55.1 Å². The molecule has 1 aromatic rings. The third-order valence-corrected chi connectivity index (χ3v) is 3.78. The van der Waals surface area contributed by atoms with Crippen molar-refractivity contribution in [1.82, 2.24) is 14.9 Å². The Hall–Kier alpha value is -1.40. The van der Waals surface area contributed by atoms with Gasteiger partial charge in [0.25, 0.3) is 0 Å². The standard InChI is InChI=1S/C15H28N6/c1-15(2,3)14-17-12(19-16)9-13(18-14)21-8-6-7-11(21)10-20(4)5/h9,11H,6-8,10,16H2,1-5H3,(H,17,18,19). The molecule has 0 spiro atoms. The van der Waals surface area contributed by atoms with Gasteiger partial charge in [-0.15, -0.1) is 0 Å². The van der Waals surface area contributed by atoms with Crippen molar-refractivity contribution < 1.29 is 0 Å². The second-order valence-electron chi connectivity index (χ2n) is 7.08. The minimum atomic E-state index is -0.0988. The Balaban J connectivity index is 2.33. The fraction of sp³-hybridized carbons (Fsp3) is 0.733. The molecule has 6 heteroatoms. The van der Waals surface area contributed by atoms with E-state index in [1.807, 2.05) is 6.07 Å². The van der Waals surface area contributed by atoms with Crippen LogP contribution in [0.2, 0.25) is 0 Å². The summed E-state index contributed by atoms with van der Waals surface area (Å²) in [6, 6.07) is 2.46. The first kappa shape index (κ1) is 16.0. The number of rotatable bonds is 4. The van der Waals surface area contributed by atoms with Crippen molar-refractivity contribution >= 4 is 11.6 Å². The van der Waals surface area contributed by atoms with Gasteiger partial charge in [0.15, 0.2) is 0 Å². The number of hydrazine groups is 1. The van der Waals surface area contributed by atoms with Crippen molar-refractivity contribution in [3.63, 3.8) is 0 Å². The molecule has 2 rings (SSSR count). The highest BCUT2D eigenvalue weighted by Gasteiger charge is 2.28. The number of aromatic nitrogens is 2. The maximum Gasteiger partial charge on any atom is 0.145 e. The maximum atomic E-state index is 5.58. The van der Waals surface area contributed by atoms with E-state index in [0.29, 0.717) is 11.9 Å². The summed E-state index contributed by atoms with van der Waals surface area (Å²) in [4.78, 5) is 13.9. The summed E-state index contributed by atoms with van der Waals surface area (Å²) in [6.07, 6.45) is 2.41. The summed E-state index contributed by atoms with van der Waals surface area (Å²) in [7, 11) is 4.23. The van der Waals surface area contributed by atoms with Crippen molar-refractivity contribution in [1.29, 1.82) is 0 Å². The van der Waals surface area contributed by atoms with Crippen LogP contribution in [0.4, 0.5) is 11.6 Å². The van der Waals surface area contributed by atoms with E-state index < -0.39 is 0 Å². The third kappa shape index (κ3) is 3.83. The van der Waals surface area contributed by atoms with Gasteiger partial charge in [-0.05, 0) is 26.9 Å². The summed E-state index contributed by atoms with van der Waals surface area (Å²) in [5, 5.41) is 0. The molecule has 2 heterocycles. The Kier molecular flexibility index (Phi) is 4.68. The minimum absolute atomic E-state index is 0.0988. The molecule has 0 radical (unpaired) electrons. The van der Waals surface area contributed by atoms with Gasteiger partial charge in [-0.3, -0.25) is 0 Å². The smallest absolute Gasteiger partial charge is 0.145 e. The van der Waals surface area contributed by atoms with E-state index in [1.165, 1.54) is 12.8 Å². The van der Waals surface area contributed by atoms with Crippen LogP contribution >= 0.6 is 0 Å². The maximum absolute atomic E-state index is 5.58. The fourth-order valence-electron chi connectivity index (χ4n) is 2.74. The van der Waals surface area contributed by atoms with Gasteiger partial charge < -0.3 is 15.2 Å². The van der Waals surface area contributed by atoms with Crippen LogP contribution in [0.5, 0.6) is 0 Å². The molecule has 0 bridgehead atoms. The van der Waals surface area contributed by atoms with Crippen LogP contribution < -0.4 is 16.2 Å². The van der Waals surface area contributed by atoms with Crippen LogP contribution in [0.15, 0.2) is 6.07 Å². The largest absolute Gasteiger partial charge is 0.352 e. The van der Waals surface area contributed by atoms with Crippen LogP contribution in [-0.2, 0) is 5.41 Å². The Labute approximate surface area is 127 Å². The summed E-state index contributed by atoms with van der Waals surface area (Å²) >= 11 is 0. The number of hydrogen-bond acceptors (Lipinski definition) is 6. The zero-order chi connectivity index (χ0) is 15.6. The number of nitrogen functional groups attached to an aromatic ring is 1. The van der Waals surface area contributed by atoms with Crippen LogP contribution in [0.1, 0.15) is 39.4 Å². The first-order valence-electron chi connectivity index (χ1n) is 7.59. The molecule has 1 atom stereocenters. The SMILES string of the molecule is CN(C)CC1CCCN1c1cc(NN)nc(C(C)(C)C)n1. The summed E-state index contributed by atoms with van der Waals surface area (Å²) < 4.78 is 0. The Bertz CT molecular complexity index is 480. The number of hydrogen-bond donors (Lipinski definition) is 2. The molecule has 0 aromatic carbocycles. The molecule has 21 heavy (non-hydrogen) atoms. The lowest BCUT2D eigenvalue weighted by Gasteiger charge is -2.29. The second kappa shape index (κ2) is 6.15. The van der Waals surface area contributed by atoms with Crippen molar-refractivity contribution in [2.24, 2.45) is 5.84 Å². The van der Waals surface area contributed by atoms with Gasteiger partial charge in [0.1, 0.15) is 17.5 Å². The van der Waals surface area contributed by atoms with E-state index >= 15 is 0 Å². The molecule has 1 fully saturated rings. The first-order valence-corrected chi connectivity index (χ1v) is 7.59. The summed E-state index contributed by atoms with van der Waals surface area (Å²) in [6.45, 7) is 8.44. The summed E-state index contributed by atoms with van der Waals surface area (Å²) in [5.41, 5.74) is 2.57. The van der Waals surface area contributed by atoms with Crippen molar-refractivity contribution in [2.45, 2.75) is 45.1 Å². The molecule has 0 aliphatic carbocycles. The molecule has 3 N–H and O–H groups in total. The van der Waals surface area contributed by atoms with Gasteiger partial charge in [-0.1, -0.05) is 20.8 Å². The van der Waals surface area contributed by atoms with Crippen molar-refractivity contribution in [2.75, 3.05) is 37.5 Å². The van der Waals surface area contributed by atoms with E-state index in [0.717, 1.165) is 24.7 Å². The highest BCUT2D eigenvalue weighted by molar-refractivity contribution is 5.51. The fourth-order valence-corrected chi connectivity index (χ4v) is 2.74. The zero-order valence-electron chi connectivity index (χ0n) is 13.8. The van der Waals surface area contributed by atoms with Gasteiger partial charge in [-0.2, -0.15) is 0 Å². The highest BCUT2D eigenvalue weighted by atomic mass is 15.3. The Morgan fingerprint density at radius 2 is 2.10 bits per heavy atom. The molecule has 118 valence electrons. The van der Waals surface area contributed by atoms with Crippen molar-refractivity contribution in [3.8, 4) is 0 Å².